The third-order valence-corrected chi connectivity index (χ3v) is 2.71. The topological polar surface area (TPSA) is 54.4 Å². The van der Waals surface area contributed by atoms with Gasteiger partial charge in [-0.05, 0) is 40.0 Å². The third-order valence-electron chi connectivity index (χ3n) is 2.05. The first-order valence-electron chi connectivity index (χ1n) is 4.51. The minimum absolute atomic E-state index is 0.0485. The number of carboxylic acids is 1. The maximum Gasteiger partial charge on any atom is 0.336 e. The van der Waals surface area contributed by atoms with Crippen LogP contribution in [0.3, 0.4) is 0 Å². The lowest BCUT2D eigenvalue weighted by Gasteiger charge is -2.06. The van der Waals surface area contributed by atoms with Crippen molar-refractivity contribution in [2.45, 2.75) is 13.3 Å². The lowest BCUT2D eigenvalue weighted by molar-refractivity contribution is -0.110. The van der Waals surface area contributed by atoms with Gasteiger partial charge in [-0.1, -0.05) is 13.0 Å². The standard InChI is InChI=1S/C11H11BrO3/c1-7(6-13)4-8-2-3-9(11(14)15)10(12)5-8/h2-3,5-7H,4H2,1H3,(H,14,15). The molecule has 0 spiro atoms. The van der Waals surface area contributed by atoms with Gasteiger partial charge >= 0.3 is 5.97 Å². The van der Waals surface area contributed by atoms with Crippen molar-refractivity contribution in [3.63, 3.8) is 0 Å². The quantitative estimate of drug-likeness (QED) is 0.856. The summed E-state index contributed by atoms with van der Waals surface area (Å²) in [4.78, 5) is 21.2. The molecule has 0 saturated heterocycles. The van der Waals surface area contributed by atoms with Crippen LogP contribution in [-0.4, -0.2) is 17.4 Å². The summed E-state index contributed by atoms with van der Waals surface area (Å²) < 4.78 is 0.547. The third kappa shape index (κ3) is 3.16. The van der Waals surface area contributed by atoms with Gasteiger partial charge in [-0.3, -0.25) is 0 Å². The summed E-state index contributed by atoms with van der Waals surface area (Å²) in [6, 6.07) is 5.01. The second kappa shape index (κ2) is 5.07. The summed E-state index contributed by atoms with van der Waals surface area (Å²) in [5.41, 5.74) is 1.18. The number of carboxylic acid groups (broad SMARTS) is 1. The van der Waals surface area contributed by atoms with Gasteiger partial charge in [0.05, 0.1) is 5.56 Å². The molecule has 0 aliphatic rings. The van der Waals surface area contributed by atoms with E-state index < -0.39 is 5.97 Å². The van der Waals surface area contributed by atoms with Gasteiger partial charge in [0.15, 0.2) is 0 Å². The second-order valence-corrected chi connectivity index (χ2v) is 4.29. The zero-order valence-electron chi connectivity index (χ0n) is 8.24. The maximum absolute atomic E-state index is 10.7. The lowest BCUT2D eigenvalue weighted by Crippen LogP contribution is -2.02. The number of rotatable bonds is 4. The van der Waals surface area contributed by atoms with Gasteiger partial charge in [-0.2, -0.15) is 0 Å². The largest absolute Gasteiger partial charge is 0.478 e. The van der Waals surface area contributed by atoms with E-state index in [1.165, 1.54) is 0 Å². The zero-order chi connectivity index (χ0) is 11.4. The van der Waals surface area contributed by atoms with Crippen molar-refractivity contribution in [3.05, 3.63) is 33.8 Å². The van der Waals surface area contributed by atoms with Gasteiger partial charge in [0.2, 0.25) is 0 Å². The number of carbonyl (C=O) groups excluding carboxylic acids is 1. The van der Waals surface area contributed by atoms with Crippen LogP contribution in [0.15, 0.2) is 22.7 Å². The van der Waals surface area contributed by atoms with E-state index in [1.807, 2.05) is 6.92 Å². The average Bonchev–Trinajstić information content (AvgIpc) is 2.17. The van der Waals surface area contributed by atoms with Crippen molar-refractivity contribution in [1.29, 1.82) is 0 Å². The number of aromatic carboxylic acids is 1. The molecule has 0 fully saturated rings. The summed E-state index contributed by atoms with van der Waals surface area (Å²) in [6.07, 6.45) is 1.51. The van der Waals surface area contributed by atoms with Gasteiger partial charge in [-0.15, -0.1) is 0 Å². The summed E-state index contributed by atoms with van der Waals surface area (Å²) in [5.74, 6) is -1.01. The highest BCUT2D eigenvalue weighted by Gasteiger charge is 2.09. The van der Waals surface area contributed by atoms with E-state index in [2.05, 4.69) is 15.9 Å². The van der Waals surface area contributed by atoms with Crippen LogP contribution in [0, 0.1) is 5.92 Å². The molecule has 0 aromatic heterocycles. The molecule has 3 nitrogen and oxygen atoms in total. The predicted molar refractivity (Wildman–Crippen MR) is 60.0 cm³/mol. The minimum atomic E-state index is -0.961. The van der Waals surface area contributed by atoms with Crippen LogP contribution in [0.1, 0.15) is 22.8 Å². The van der Waals surface area contributed by atoms with Crippen molar-refractivity contribution in [2.75, 3.05) is 0 Å². The fourth-order valence-electron chi connectivity index (χ4n) is 1.28. The molecule has 1 rings (SSSR count). The van der Waals surface area contributed by atoms with Crippen molar-refractivity contribution < 1.29 is 14.7 Å². The fourth-order valence-corrected chi connectivity index (χ4v) is 1.87. The Labute approximate surface area is 96.2 Å². The molecule has 1 aromatic carbocycles. The highest BCUT2D eigenvalue weighted by molar-refractivity contribution is 9.10. The Morgan fingerprint density at radius 2 is 2.27 bits per heavy atom. The van der Waals surface area contributed by atoms with Gasteiger partial charge in [0.25, 0.3) is 0 Å². The van der Waals surface area contributed by atoms with Crippen LogP contribution in [0.4, 0.5) is 0 Å². The Morgan fingerprint density at radius 3 is 2.73 bits per heavy atom. The average molecular weight is 271 g/mol. The van der Waals surface area contributed by atoms with E-state index in [-0.39, 0.29) is 11.5 Å². The van der Waals surface area contributed by atoms with Crippen molar-refractivity contribution in [1.82, 2.24) is 0 Å². The molecule has 1 N–H and O–H groups in total. The van der Waals surface area contributed by atoms with Crippen molar-refractivity contribution >= 4 is 28.2 Å². The Morgan fingerprint density at radius 1 is 1.60 bits per heavy atom. The van der Waals surface area contributed by atoms with Gasteiger partial charge in [0.1, 0.15) is 6.29 Å². The first kappa shape index (κ1) is 11.9. The highest BCUT2D eigenvalue weighted by atomic mass is 79.9. The number of carbonyl (C=O) groups is 2. The molecule has 15 heavy (non-hydrogen) atoms. The van der Waals surface area contributed by atoms with E-state index >= 15 is 0 Å². The van der Waals surface area contributed by atoms with Crippen molar-refractivity contribution in [3.8, 4) is 0 Å². The molecular weight excluding hydrogens is 260 g/mol. The van der Waals surface area contributed by atoms with Crippen LogP contribution in [0.25, 0.3) is 0 Å². The highest BCUT2D eigenvalue weighted by Crippen LogP contribution is 2.20. The smallest absolute Gasteiger partial charge is 0.336 e. The molecular formula is C11H11BrO3. The first-order chi connectivity index (χ1) is 7.04. The molecule has 80 valence electrons. The van der Waals surface area contributed by atoms with E-state index in [0.717, 1.165) is 11.8 Å². The van der Waals surface area contributed by atoms with E-state index in [4.69, 9.17) is 5.11 Å². The van der Waals surface area contributed by atoms with Crippen molar-refractivity contribution in [2.24, 2.45) is 5.92 Å². The second-order valence-electron chi connectivity index (χ2n) is 3.44. The molecule has 0 aliphatic heterocycles. The normalized spacial score (nSPS) is 12.1. The number of halogens is 1. The Balaban J connectivity index is 2.91. The molecule has 0 aliphatic carbocycles. The van der Waals surface area contributed by atoms with Gasteiger partial charge < -0.3 is 9.90 Å². The summed E-state index contributed by atoms with van der Waals surface area (Å²) in [5, 5.41) is 8.80. The van der Waals surface area contributed by atoms with E-state index in [9.17, 15) is 9.59 Å². The fraction of sp³-hybridized carbons (Fsp3) is 0.273. The number of benzene rings is 1. The molecule has 1 atom stereocenters. The molecule has 1 aromatic rings. The Hall–Kier alpha value is -1.16. The minimum Gasteiger partial charge on any atom is -0.478 e. The summed E-state index contributed by atoms with van der Waals surface area (Å²) in [6.45, 7) is 1.83. The molecule has 1 unspecified atom stereocenters. The summed E-state index contributed by atoms with van der Waals surface area (Å²) in [7, 11) is 0. The Kier molecular flexibility index (Phi) is 4.03. The first-order valence-corrected chi connectivity index (χ1v) is 5.31. The number of aldehydes is 1. The molecule has 0 saturated carbocycles. The lowest BCUT2D eigenvalue weighted by atomic mass is 10.0. The zero-order valence-corrected chi connectivity index (χ0v) is 9.82. The van der Waals surface area contributed by atoms with Crippen LogP contribution in [-0.2, 0) is 11.2 Å². The van der Waals surface area contributed by atoms with Crippen LogP contribution in [0.5, 0.6) is 0 Å². The number of hydrogen-bond acceptors (Lipinski definition) is 2. The Bertz CT molecular complexity index is 387. The van der Waals surface area contributed by atoms with E-state index in [1.54, 1.807) is 18.2 Å². The number of hydrogen-bond donors (Lipinski definition) is 1. The van der Waals surface area contributed by atoms with Gasteiger partial charge in [0, 0.05) is 10.4 Å². The predicted octanol–water partition coefficient (Wildman–Crippen LogP) is 2.52. The van der Waals surface area contributed by atoms with E-state index in [0.29, 0.717) is 10.9 Å². The molecule has 0 radical (unpaired) electrons. The molecule has 0 amide bonds. The van der Waals surface area contributed by atoms with Crippen LogP contribution >= 0.6 is 15.9 Å². The molecule has 0 bridgehead atoms. The van der Waals surface area contributed by atoms with Gasteiger partial charge in [-0.25, -0.2) is 4.79 Å². The monoisotopic (exact) mass is 270 g/mol. The SMILES string of the molecule is CC(C=O)Cc1ccc(C(=O)O)c(Br)c1. The molecule has 0 heterocycles. The van der Waals surface area contributed by atoms with Crippen LogP contribution < -0.4 is 0 Å². The van der Waals surface area contributed by atoms with Crippen LogP contribution in [0.2, 0.25) is 0 Å². The summed E-state index contributed by atoms with van der Waals surface area (Å²) >= 11 is 3.19. The molecule has 4 heteroatoms. The maximum atomic E-state index is 10.7.